The van der Waals surface area contributed by atoms with Crippen LogP contribution in [0.5, 0.6) is 5.75 Å². The van der Waals surface area contributed by atoms with Crippen LogP contribution in [-0.4, -0.2) is 41.1 Å². The zero-order valence-electron chi connectivity index (χ0n) is 12.8. The normalized spacial score (nSPS) is 21.2. The highest BCUT2D eigenvalue weighted by Crippen LogP contribution is 2.46. The molecule has 1 atom stereocenters. The van der Waals surface area contributed by atoms with E-state index in [1.807, 2.05) is 0 Å². The molecule has 1 aliphatic carbocycles. The van der Waals surface area contributed by atoms with E-state index in [2.05, 4.69) is 0 Å². The minimum atomic E-state index is -0.968. The number of hydrogen-bond donors (Lipinski definition) is 1. The first-order chi connectivity index (χ1) is 11.0. The van der Waals surface area contributed by atoms with Crippen molar-refractivity contribution in [3.63, 3.8) is 0 Å². The van der Waals surface area contributed by atoms with Gasteiger partial charge in [-0.15, -0.1) is 0 Å². The Morgan fingerprint density at radius 3 is 2.52 bits per heavy atom. The molecule has 6 heteroatoms. The van der Waals surface area contributed by atoms with Crippen LogP contribution < -0.4 is 4.74 Å². The van der Waals surface area contributed by atoms with Gasteiger partial charge in [0.15, 0.2) is 0 Å². The summed E-state index contributed by atoms with van der Waals surface area (Å²) in [6.07, 6.45) is 2.76. The lowest BCUT2D eigenvalue weighted by molar-refractivity contribution is -0.143. The van der Waals surface area contributed by atoms with Crippen LogP contribution in [0.2, 0.25) is 0 Å². The standard InChI is InChI=1S/C17H20FNO4/c18-12-3-5-14(6-4-12)23-11-13(20)10-19-15(21)9-17(16(19)22)7-1-2-8-17/h3-6,13,20H,1-2,7-11H2. The minimum Gasteiger partial charge on any atom is -0.491 e. The number of halogens is 1. The van der Waals surface area contributed by atoms with Crippen LogP contribution in [0, 0.1) is 11.2 Å². The van der Waals surface area contributed by atoms with Crippen molar-refractivity contribution in [3.8, 4) is 5.75 Å². The Kier molecular flexibility index (Phi) is 4.35. The summed E-state index contributed by atoms with van der Waals surface area (Å²) < 4.78 is 18.2. The van der Waals surface area contributed by atoms with Gasteiger partial charge in [-0.1, -0.05) is 12.8 Å². The van der Waals surface area contributed by atoms with Crippen LogP contribution in [0.1, 0.15) is 32.1 Å². The molecule has 1 aromatic carbocycles. The maximum absolute atomic E-state index is 12.8. The van der Waals surface area contributed by atoms with Crippen molar-refractivity contribution < 1.29 is 23.8 Å². The fraction of sp³-hybridized carbons (Fsp3) is 0.529. The van der Waals surface area contributed by atoms with E-state index in [4.69, 9.17) is 4.74 Å². The number of rotatable bonds is 5. The quantitative estimate of drug-likeness (QED) is 0.841. The first kappa shape index (κ1) is 15.9. The molecule has 1 aromatic rings. The third-order valence-electron chi connectivity index (χ3n) is 4.70. The average molecular weight is 321 g/mol. The predicted octanol–water partition coefficient (Wildman–Crippen LogP) is 1.88. The largest absolute Gasteiger partial charge is 0.491 e. The summed E-state index contributed by atoms with van der Waals surface area (Å²) in [5.41, 5.74) is -0.519. The molecule has 124 valence electrons. The van der Waals surface area contributed by atoms with Gasteiger partial charge in [0.2, 0.25) is 11.8 Å². The topological polar surface area (TPSA) is 66.8 Å². The summed E-state index contributed by atoms with van der Waals surface area (Å²) in [7, 11) is 0. The highest BCUT2D eigenvalue weighted by atomic mass is 19.1. The van der Waals surface area contributed by atoms with Crippen molar-refractivity contribution in [3.05, 3.63) is 30.1 Å². The summed E-state index contributed by atoms with van der Waals surface area (Å²) in [6.45, 7) is -0.115. The number of likely N-dealkylation sites (tertiary alicyclic amines) is 1. The number of hydrogen-bond acceptors (Lipinski definition) is 4. The second-order valence-electron chi connectivity index (χ2n) is 6.39. The Hall–Kier alpha value is -1.95. The highest BCUT2D eigenvalue weighted by molar-refractivity contribution is 6.06. The Labute approximate surface area is 134 Å². The molecule has 1 unspecified atom stereocenters. The maximum Gasteiger partial charge on any atom is 0.235 e. The van der Waals surface area contributed by atoms with Crippen molar-refractivity contribution in [2.75, 3.05) is 13.2 Å². The summed E-state index contributed by atoms with van der Waals surface area (Å²) in [6, 6.07) is 5.45. The van der Waals surface area contributed by atoms with E-state index < -0.39 is 11.5 Å². The van der Waals surface area contributed by atoms with E-state index in [0.29, 0.717) is 5.75 Å². The Morgan fingerprint density at radius 2 is 1.87 bits per heavy atom. The van der Waals surface area contributed by atoms with Gasteiger partial charge >= 0.3 is 0 Å². The van der Waals surface area contributed by atoms with Crippen molar-refractivity contribution in [1.82, 2.24) is 4.90 Å². The number of carbonyl (C=O) groups excluding carboxylic acids is 2. The molecular weight excluding hydrogens is 301 g/mol. The van der Waals surface area contributed by atoms with Crippen LogP contribution in [0.4, 0.5) is 4.39 Å². The first-order valence-electron chi connectivity index (χ1n) is 7.91. The lowest BCUT2D eigenvalue weighted by Gasteiger charge is -2.22. The lowest BCUT2D eigenvalue weighted by Crippen LogP contribution is -2.41. The van der Waals surface area contributed by atoms with Gasteiger partial charge in [-0.25, -0.2) is 4.39 Å². The van der Waals surface area contributed by atoms with Crippen LogP contribution in [0.25, 0.3) is 0 Å². The third-order valence-corrected chi connectivity index (χ3v) is 4.70. The number of aliphatic hydroxyl groups is 1. The first-order valence-corrected chi connectivity index (χ1v) is 7.91. The second-order valence-corrected chi connectivity index (χ2v) is 6.39. The Bertz CT molecular complexity index is 595. The number of nitrogens with zero attached hydrogens (tertiary/aromatic N) is 1. The molecule has 1 aliphatic heterocycles. The number of imide groups is 1. The molecular formula is C17H20FNO4. The molecule has 2 aliphatic rings. The van der Waals surface area contributed by atoms with Gasteiger partial charge in [-0.3, -0.25) is 14.5 Å². The van der Waals surface area contributed by atoms with Crippen LogP contribution in [0.3, 0.4) is 0 Å². The van der Waals surface area contributed by atoms with Crippen molar-refractivity contribution in [2.24, 2.45) is 5.41 Å². The molecule has 1 saturated carbocycles. The number of β-amino-alcohol motifs (C(OH)–C–C–N with tert-alkyl or cyclic N) is 1. The zero-order valence-corrected chi connectivity index (χ0v) is 12.8. The molecule has 1 heterocycles. The maximum atomic E-state index is 12.8. The lowest BCUT2D eigenvalue weighted by atomic mass is 9.84. The second kappa shape index (κ2) is 6.28. The average Bonchev–Trinajstić information content (AvgIpc) is 3.08. The van der Waals surface area contributed by atoms with E-state index >= 15 is 0 Å². The van der Waals surface area contributed by atoms with Crippen molar-refractivity contribution in [2.45, 2.75) is 38.2 Å². The number of carbonyl (C=O) groups is 2. The minimum absolute atomic E-state index is 0.0549. The molecule has 0 aromatic heterocycles. The van der Waals surface area contributed by atoms with Crippen LogP contribution in [-0.2, 0) is 9.59 Å². The molecule has 5 nitrogen and oxygen atoms in total. The van der Waals surface area contributed by atoms with E-state index in [9.17, 15) is 19.1 Å². The van der Waals surface area contributed by atoms with Crippen molar-refractivity contribution >= 4 is 11.8 Å². The van der Waals surface area contributed by atoms with Gasteiger partial charge in [0.25, 0.3) is 0 Å². The zero-order chi connectivity index (χ0) is 16.4. The van der Waals surface area contributed by atoms with Crippen LogP contribution >= 0.6 is 0 Å². The van der Waals surface area contributed by atoms with Gasteiger partial charge in [0, 0.05) is 6.42 Å². The molecule has 0 bridgehead atoms. The molecule has 1 spiro atoms. The predicted molar refractivity (Wildman–Crippen MR) is 80.1 cm³/mol. The number of ether oxygens (including phenoxy) is 1. The molecule has 1 N–H and O–H groups in total. The van der Waals surface area contributed by atoms with Crippen molar-refractivity contribution in [1.29, 1.82) is 0 Å². The molecule has 1 saturated heterocycles. The summed E-state index contributed by atoms with van der Waals surface area (Å²) in [4.78, 5) is 25.8. The van der Waals surface area contributed by atoms with Gasteiger partial charge in [0.05, 0.1) is 12.0 Å². The van der Waals surface area contributed by atoms with E-state index in [1.165, 1.54) is 29.2 Å². The highest BCUT2D eigenvalue weighted by Gasteiger charge is 2.52. The molecule has 3 rings (SSSR count). The number of benzene rings is 1. The fourth-order valence-corrected chi connectivity index (χ4v) is 3.47. The van der Waals surface area contributed by atoms with Gasteiger partial charge in [-0.05, 0) is 37.1 Å². The summed E-state index contributed by atoms with van der Waals surface area (Å²) in [5, 5.41) is 10.0. The molecule has 2 amide bonds. The number of aliphatic hydroxyl groups excluding tert-OH is 1. The SMILES string of the molecule is O=C1CC2(CCCC2)C(=O)N1CC(O)COc1ccc(F)cc1. The smallest absolute Gasteiger partial charge is 0.235 e. The van der Waals surface area contributed by atoms with Crippen LogP contribution in [0.15, 0.2) is 24.3 Å². The Balaban J connectivity index is 1.55. The van der Waals surface area contributed by atoms with E-state index in [1.54, 1.807) is 0 Å². The molecule has 0 radical (unpaired) electrons. The Morgan fingerprint density at radius 1 is 1.22 bits per heavy atom. The van der Waals surface area contributed by atoms with E-state index in [0.717, 1.165) is 25.7 Å². The van der Waals surface area contributed by atoms with Gasteiger partial charge < -0.3 is 9.84 Å². The van der Waals surface area contributed by atoms with E-state index in [-0.39, 0.29) is 37.2 Å². The monoisotopic (exact) mass is 321 g/mol. The third kappa shape index (κ3) is 3.22. The molecule has 23 heavy (non-hydrogen) atoms. The summed E-state index contributed by atoms with van der Waals surface area (Å²) >= 11 is 0. The number of amides is 2. The fourth-order valence-electron chi connectivity index (χ4n) is 3.47. The summed E-state index contributed by atoms with van der Waals surface area (Å²) in [5.74, 6) is -0.302. The van der Waals surface area contributed by atoms with Gasteiger partial charge in [0.1, 0.15) is 24.3 Å². The van der Waals surface area contributed by atoms with Gasteiger partial charge in [-0.2, -0.15) is 0 Å². The molecule has 2 fully saturated rings.